The van der Waals surface area contributed by atoms with Crippen molar-refractivity contribution in [3.05, 3.63) is 58.5 Å². The number of nitrogen functional groups attached to an aromatic ring is 1. The lowest BCUT2D eigenvalue weighted by molar-refractivity contribution is 0.975. The molecular formula is C15H8ClN5. The Morgan fingerprint density at radius 3 is 2.76 bits per heavy atom. The second kappa shape index (κ2) is 4.82. The van der Waals surface area contributed by atoms with Crippen molar-refractivity contribution >= 4 is 28.6 Å². The van der Waals surface area contributed by atoms with Crippen molar-refractivity contribution in [2.45, 2.75) is 0 Å². The largest absolute Gasteiger partial charge is 0.392 e. The number of rotatable bonds is 1. The van der Waals surface area contributed by atoms with Crippen molar-refractivity contribution in [3.63, 3.8) is 0 Å². The van der Waals surface area contributed by atoms with Gasteiger partial charge in [-0.15, -0.1) is 0 Å². The third-order valence-corrected chi connectivity index (χ3v) is 3.55. The van der Waals surface area contributed by atoms with E-state index >= 15 is 0 Å². The van der Waals surface area contributed by atoms with Gasteiger partial charge in [0.05, 0.1) is 23.8 Å². The fourth-order valence-corrected chi connectivity index (χ4v) is 2.54. The van der Waals surface area contributed by atoms with E-state index in [1.54, 1.807) is 30.3 Å². The van der Waals surface area contributed by atoms with Crippen molar-refractivity contribution < 1.29 is 0 Å². The van der Waals surface area contributed by atoms with Crippen molar-refractivity contribution in [2.24, 2.45) is 0 Å². The SMILES string of the molecule is [C-]#[N+]c1c(-c2ccccc2Cl)c(C#N)c2ccnn2c1N. The molecule has 0 bridgehead atoms. The molecule has 0 unspecified atom stereocenters. The molecule has 21 heavy (non-hydrogen) atoms. The fourth-order valence-electron chi connectivity index (χ4n) is 2.31. The highest BCUT2D eigenvalue weighted by Crippen LogP contribution is 2.42. The predicted molar refractivity (Wildman–Crippen MR) is 81.0 cm³/mol. The van der Waals surface area contributed by atoms with Crippen LogP contribution in [0.1, 0.15) is 5.56 Å². The Balaban J connectivity index is 2.56. The summed E-state index contributed by atoms with van der Waals surface area (Å²) in [5.41, 5.74) is 8.14. The van der Waals surface area contributed by atoms with Crippen LogP contribution < -0.4 is 5.73 Å². The Labute approximate surface area is 125 Å². The van der Waals surface area contributed by atoms with Gasteiger partial charge in [0.2, 0.25) is 5.69 Å². The van der Waals surface area contributed by atoms with Gasteiger partial charge in [0.15, 0.2) is 0 Å². The van der Waals surface area contributed by atoms with Crippen LogP contribution in [-0.4, -0.2) is 9.61 Å². The summed E-state index contributed by atoms with van der Waals surface area (Å²) in [6.07, 6.45) is 1.54. The Hall–Kier alpha value is -3.02. The monoisotopic (exact) mass is 293 g/mol. The number of nitrogens with zero attached hydrogens (tertiary/aromatic N) is 4. The molecule has 3 rings (SSSR count). The summed E-state index contributed by atoms with van der Waals surface area (Å²) in [7, 11) is 0. The average molecular weight is 294 g/mol. The number of benzene rings is 1. The van der Waals surface area contributed by atoms with Gasteiger partial charge in [-0.3, -0.25) is 0 Å². The summed E-state index contributed by atoms with van der Waals surface area (Å²) < 4.78 is 1.40. The minimum absolute atomic E-state index is 0.177. The first-order valence-corrected chi connectivity index (χ1v) is 6.38. The Morgan fingerprint density at radius 2 is 2.10 bits per heavy atom. The van der Waals surface area contributed by atoms with Crippen LogP contribution in [0.5, 0.6) is 0 Å². The van der Waals surface area contributed by atoms with Crippen molar-refractivity contribution in [1.29, 1.82) is 5.26 Å². The average Bonchev–Trinajstić information content (AvgIpc) is 2.97. The molecule has 3 aromatic rings. The summed E-state index contributed by atoms with van der Waals surface area (Å²) >= 11 is 6.22. The number of nitriles is 1. The number of hydrogen-bond acceptors (Lipinski definition) is 3. The van der Waals surface area contributed by atoms with Crippen LogP contribution in [0.15, 0.2) is 36.5 Å². The number of halogens is 1. The topological polar surface area (TPSA) is 71.5 Å². The molecule has 6 heteroatoms. The first-order chi connectivity index (χ1) is 10.2. The van der Waals surface area contributed by atoms with Gasteiger partial charge in [-0.1, -0.05) is 29.8 Å². The van der Waals surface area contributed by atoms with Gasteiger partial charge in [0.25, 0.3) is 0 Å². The van der Waals surface area contributed by atoms with Crippen LogP contribution in [0.2, 0.25) is 5.02 Å². The first kappa shape index (κ1) is 13.0. The highest BCUT2D eigenvalue weighted by Gasteiger charge is 2.21. The molecule has 0 aliphatic heterocycles. The third kappa shape index (κ3) is 1.80. The second-order valence-corrected chi connectivity index (χ2v) is 4.72. The highest BCUT2D eigenvalue weighted by molar-refractivity contribution is 6.33. The zero-order valence-corrected chi connectivity index (χ0v) is 11.5. The number of anilines is 1. The van der Waals surface area contributed by atoms with Gasteiger partial charge in [-0.25, -0.2) is 9.36 Å². The van der Waals surface area contributed by atoms with Gasteiger partial charge in [0, 0.05) is 10.6 Å². The molecule has 2 N–H and O–H groups in total. The summed E-state index contributed by atoms with van der Waals surface area (Å²) in [6, 6.07) is 10.9. The maximum atomic E-state index is 9.52. The van der Waals surface area contributed by atoms with Crippen molar-refractivity contribution in [1.82, 2.24) is 9.61 Å². The molecule has 5 nitrogen and oxygen atoms in total. The van der Waals surface area contributed by atoms with E-state index in [0.717, 1.165) is 0 Å². The molecule has 0 saturated heterocycles. The predicted octanol–water partition coefficient (Wildman–Crippen LogP) is 3.66. The van der Waals surface area contributed by atoms with Crippen molar-refractivity contribution in [3.8, 4) is 17.2 Å². The van der Waals surface area contributed by atoms with Crippen LogP contribution in [-0.2, 0) is 0 Å². The van der Waals surface area contributed by atoms with E-state index in [-0.39, 0.29) is 11.5 Å². The van der Waals surface area contributed by atoms with Gasteiger partial charge in [-0.2, -0.15) is 10.4 Å². The first-order valence-electron chi connectivity index (χ1n) is 6.00. The van der Waals surface area contributed by atoms with Gasteiger partial charge < -0.3 is 5.73 Å². The summed E-state index contributed by atoms with van der Waals surface area (Å²) in [5, 5.41) is 14.0. The normalized spacial score (nSPS) is 10.2. The molecule has 0 fully saturated rings. The molecule has 0 atom stereocenters. The summed E-state index contributed by atoms with van der Waals surface area (Å²) in [4.78, 5) is 3.48. The molecule has 0 aliphatic carbocycles. The molecule has 0 saturated carbocycles. The Kier molecular flexibility index (Phi) is 2.98. The smallest absolute Gasteiger partial charge is 0.237 e. The molecule has 0 radical (unpaired) electrons. The number of hydrogen-bond donors (Lipinski definition) is 1. The maximum absolute atomic E-state index is 9.52. The molecule has 0 amide bonds. The standard InChI is InChI=1S/C15H8ClN5/c1-19-14-13(9-4-2-3-5-11(9)16)10(8-17)12-6-7-20-21(12)15(14)18/h2-7H,18H2. The lowest BCUT2D eigenvalue weighted by Crippen LogP contribution is -2.02. The summed E-state index contributed by atoms with van der Waals surface area (Å²) in [5.74, 6) is 0.193. The van der Waals surface area contributed by atoms with E-state index in [1.165, 1.54) is 10.7 Å². The Bertz CT molecular complexity index is 943. The minimum atomic E-state index is 0.177. The molecular weight excluding hydrogens is 286 g/mol. The lowest BCUT2D eigenvalue weighted by atomic mass is 9.98. The highest BCUT2D eigenvalue weighted by atomic mass is 35.5. The van der Waals surface area contributed by atoms with Gasteiger partial charge >= 0.3 is 0 Å². The molecule has 100 valence electrons. The van der Waals surface area contributed by atoms with Crippen LogP contribution in [0, 0.1) is 17.9 Å². The van der Waals surface area contributed by atoms with Crippen LogP contribution in [0.25, 0.3) is 21.5 Å². The number of aromatic nitrogens is 2. The van der Waals surface area contributed by atoms with Crippen LogP contribution in [0.4, 0.5) is 11.5 Å². The number of nitrogens with two attached hydrogens (primary N) is 1. The van der Waals surface area contributed by atoms with E-state index in [2.05, 4.69) is 16.0 Å². The van der Waals surface area contributed by atoms with Crippen LogP contribution in [0.3, 0.4) is 0 Å². The third-order valence-electron chi connectivity index (χ3n) is 3.22. The van der Waals surface area contributed by atoms with E-state index in [1.807, 2.05) is 0 Å². The lowest BCUT2D eigenvalue weighted by Gasteiger charge is -2.13. The van der Waals surface area contributed by atoms with E-state index in [0.29, 0.717) is 27.2 Å². The van der Waals surface area contributed by atoms with E-state index < -0.39 is 0 Å². The molecule has 2 heterocycles. The summed E-state index contributed by atoms with van der Waals surface area (Å²) in [6.45, 7) is 7.40. The number of fused-ring (bicyclic) bond motifs is 1. The van der Waals surface area contributed by atoms with Gasteiger partial charge in [-0.05, 0) is 17.7 Å². The Morgan fingerprint density at radius 1 is 1.33 bits per heavy atom. The minimum Gasteiger partial charge on any atom is -0.392 e. The van der Waals surface area contributed by atoms with E-state index in [9.17, 15) is 5.26 Å². The molecule has 2 aromatic heterocycles. The molecule has 0 spiro atoms. The van der Waals surface area contributed by atoms with Gasteiger partial charge in [0.1, 0.15) is 11.9 Å². The fraction of sp³-hybridized carbons (Fsp3) is 0. The second-order valence-electron chi connectivity index (χ2n) is 4.32. The molecule has 0 aliphatic rings. The van der Waals surface area contributed by atoms with E-state index in [4.69, 9.17) is 23.9 Å². The quantitative estimate of drug-likeness (QED) is 0.696. The number of pyridine rings is 1. The molecule has 1 aromatic carbocycles. The van der Waals surface area contributed by atoms with Crippen molar-refractivity contribution in [2.75, 3.05) is 5.73 Å². The zero-order valence-electron chi connectivity index (χ0n) is 10.7. The van der Waals surface area contributed by atoms with Crippen LogP contribution >= 0.6 is 11.6 Å². The maximum Gasteiger partial charge on any atom is 0.237 e. The zero-order chi connectivity index (χ0) is 15.0.